The van der Waals surface area contributed by atoms with Crippen LogP contribution in [-0.4, -0.2) is 23.6 Å². The van der Waals surface area contributed by atoms with E-state index in [9.17, 15) is 0 Å². The summed E-state index contributed by atoms with van der Waals surface area (Å²) in [5.74, 6) is 0. The monoisotopic (exact) mass is 366 g/mol. The van der Waals surface area contributed by atoms with E-state index in [4.69, 9.17) is 24.4 Å². The van der Waals surface area contributed by atoms with Crippen LogP contribution in [-0.2, 0) is 13.1 Å². The Hall–Kier alpha value is 0.219. The van der Waals surface area contributed by atoms with Crippen LogP contribution in [0, 0.1) is 7.91 Å². The van der Waals surface area contributed by atoms with E-state index in [-0.39, 0.29) is 0 Å². The van der Waals surface area contributed by atoms with Crippen molar-refractivity contribution in [2.45, 2.75) is 26.9 Å². The van der Waals surface area contributed by atoms with Gasteiger partial charge in [0.2, 0.25) is 0 Å². The van der Waals surface area contributed by atoms with Crippen LogP contribution < -0.4 is 0 Å². The van der Waals surface area contributed by atoms with Crippen LogP contribution >= 0.6 is 47.1 Å². The third-order valence-electron chi connectivity index (χ3n) is 2.73. The Labute approximate surface area is 123 Å². The Bertz CT molecular complexity index is 746. The molecule has 0 spiro atoms. The van der Waals surface area contributed by atoms with Crippen molar-refractivity contribution in [1.82, 2.24) is 9.13 Å². The van der Waals surface area contributed by atoms with E-state index in [1.807, 2.05) is 0 Å². The first-order valence-corrected chi connectivity index (χ1v) is 9.49. The van der Waals surface area contributed by atoms with Gasteiger partial charge >= 0.3 is 124 Å². The SMILES string of the molecule is CCn1c(=S)sc2c3sc(=S)n(CC)c3[se]c21. The molecule has 7 heteroatoms. The first kappa shape index (κ1) is 12.3. The fourth-order valence-electron chi connectivity index (χ4n) is 1.91. The van der Waals surface area contributed by atoms with Crippen LogP contribution in [0.15, 0.2) is 0 Å². The van der Waals surface area contributed by atoms with Gasteiger partial charge in [-0.2, -0.15) is 0 Å². The van der Waals surface area contributed by atoms with Crippen molar-refractivity contribution >= 4 is 79.8 Å². The van der Waals surface area contributed by atoms with E-state index in [2.05, 4.69) is 23.0 Å². The van der Waals surface area contributed by atoms with Crippen LogP contribution in [0.4, 0.5) is 0 Å². The van der Waals surface area contributed by atoms with Crippen molar-refractivity contribution in [1.29, 1.82) is 0 Å². The fraction of sp³-hybridized carbons (Fsp3) is 0.400. The van der Waals surface area contributed by atoms with Gasteiger partial charge in [-0.1, -0.05) is 0 Å². The second-order valence-electron chi connectivity index (χ2n) is 3.60. The van der Waals surface area contributed by atoms with Gasteiger partial charge in [-0.15, -0.1) is 0 Å². The molecule has 0 saturated carbocycles. The zero-order valence-corrected chi connectivity index (χ0v) is 14.3. The summed E-state index contributed by atoms with van der Waals surface area (Å²) in [5.41, 5.74) is 0. The van der Waals surface area contributed by atoms with E-state index < -0.39 is 0 Å². The molecule has 3 aromatic rings. The third kappa shape index (κ3) is 1.68. The molecule has 0 unspecified atom stereocenters. The second-order valence-corrected chi connectivity index (χ2v) is 8.93. The molecule has 2 nitrogen and oxygen atoms in total. The number of thiazole rings is 2. The summed E-state index contributed by atoms with van der Waals surface area (Å²) in [6, 6.07) is 0. The van der Waals surface area contributed by atoms with Crippen molar-refractivity contribution in [2.75, 3.05) is 0 Å². The van der Waals surface area contributed by atoms with E-state index >= 15 is 0 Å². The average molecular weight is 365 g/mol. The van der Waals surface area contributed by atoms with E-state index in [0.717, 1.165) is 21.0 Å². The third-order valence-corrected chi connectivity index (χ3v) is 8.97. The summed E-state index contributed by atoms with van der Waals surface area (Å²) in [6.45, 7) is 6.29. The van der Waals surface area contributed by atoms with Crippen LogP contribution in [0.3, 0.4) is 0 Å². The second kappa shape index (κ2) is 4.40. The molecule has 0 aliphatic heterocycles. The number of nitrogens with zero attached hydrogens (tertiary/aromatic N) is 2. The molecule has 0 aromatic carbocycles. The zero-order valence-electron chi connectivity index (χ0n) is 9.35. The molecule has 17 heavy (non-hydrogen) atoms. The van der Waals surface area contributed by atoms with Crippen LogP contribution in [0.5, 0.6) is 0 Å². The molecule has 3 aromatic heterocycles. The van der Waals surface area contributed by atoms with Gasteiger partial charge < -0.3 is 0 Å². The van der Waals surface area contributed by atoms with Gasteiger partial charge in [-0.3, -0.25) is 0 Å². The maximum atomic E-state index is 5.42. The molecule has 3 rings (SSSR count). The molecule has 0 amide bonds. The summed E-state index contributed by atoms with van der Waals surface area (Å²) < 4.78 is 12.3. The van der Waals surface area contributed by atoms with Gasteiger partial charge in [-0.05, 0) is 0 Å². The van der Waals surface area contributed by atoms with Gasteiger partial charge in [0.15, 0.2) is 0 Å². The van der Waals surface area contributed by atoms with Crippen LogP contribution in [0.1, 0.15) is 13.8 Å². The van der Waals surface area contributed by atoms with E-state index in [0.29, 0.717) is 14.5 Å². The number of hydrogen-bond donors (Lipinski definition) is 0. The normalized spacial score (nSPS) is 11.9. The molecular formula is C10H10N2S4Se. The number of fused-ring (bicyclic) bond motifs is 3. The maximum absolute atomic E-state index is 5.42. The topological polar surface area (TPSA) is 9.86 Å². The Morgan fingerprint density at radius 2 is 1.35 bits per heavy atom. The molecule has 0 saturated heterocycles. The molecule has 0 fully saturated rings. The molecule has 0 aliphatic carbocycles. The van der Waals surface area contributed by atoms with Crippen molar-refractivity contribution in [3.63, 3.8) is 0 Å². The standard InChI is InChI=1S/C10H10N2S4Se/c1-3-11-7-5(15-9(11)13)6-8(17-7)12(4-2)10(14)16-6/h3-4H2,1-2H3. The quantitative estimate of drug-likeness (QED) is 0.496. The predicted molar refractivity (Wildman–Crippen MR) is 83.1 cm³/mol. The van der Waals surface area contributed by atoms with Gasteiger partial charge in [0.25, 0.3) is 0 Å². The number of aryl methyl sites for hydroxylation is 2. The van der Waals surface area contributed by atoms with E-state index in [1.54, 1.807) is 22.7 Å². The average Bonchev–Trinajstić information content (AvgIpc) is 2.86. The summed E-state index contributed by atoms with van der Waals surface area (Å²) in [6.07, 6.45) is 0. The van der Waals surface area contributed by atoms with Gasteiger partial charge in [0.1, 0.15) is 0 Å². The molecule has 0 atom stereocenters. The summed E-state index contributed by atoms with van der Waals surface area (Å²) in [4.78, 5) is 0. The summed E-state index contributed by atoms with van der Waals surface area (Å²) >= 11 is 14.7. The van der Waals surface area contributed by atoms with Gasteiger partial charge in [-0.25, -0.2) is 0 Å². The first-order valence-electron chi connectivity index (χ1n) is 5.32. The molecule has 0 N–H and O–H groups in total. The van der Waals surface area contributed by atoms with Gasteiger partial charge in [0.05, 0.1) is 0 Å². The summed E-state index contributed by atoms with van der Waals surface area (Å²) in [5, 5.41) is 0. The number of hydrogen-bond acceptors (Lipinski definition) is 4. The van der Waals surface area contributed by atoms with Crippen molar-refractivity contribution in [2.24, 2.45) is 0 Å². The Balaban J connectivity index is 2.53. The summed E-state index contributed by atoms with van der Waals surface area (Å²) in [7, 11) is 0. The molecule has 90 valence electrons. The van der Waals surface area contributed by atoms with Crippen molar-refractivity contribution < 1.29 is 0 Å². The van der Waals surface area contributed by atoms with Gasteiger partial charge in [0, 0.05) is 0 Å². The zero-order chi connectivity index (χ0) is 12.2. The minimum absolute atomic E-state index is 0.373. The Morgan fingerprint density at radius 3 is 1.71 bits per heavy atom. The first-order chi connectivity index (χ1) is 8.17. The predicted octanol–water partition coefficient (Wildman–Crippen LogP) is 4.27. The molecule has 3 heterocycles. The van der Waals surface area contributed by atoms with Crippen LogP contribution in [0.2, 0.25) is 0 Å². The molecule has 0 radical (unpaired) electrons. The Kier molecular flexibility index (Phi) is 3.17. The molecule has 0 bridgehead atoms. The van der Waals surface area contributed by atoms with Crippen molar-refractivity contribution in [3.05, 3.63) is 7.91 Å². The van der Waals surface area contributed by atoms with E-state index in [1.165, 1.54) is 18.2 Å². The fourth-order valence-corrected chi connectivity index (χ4v) is 9.24. The van der Waals surface area contributed by atoms with Crippen LogP contribution in [0.25, 0.3) is 18.2 Å². The number of rotatable bonds is 2. The minimum atomic E-state index is 0.373. The molecule has 0 aliphatic rings. The van der Waals surface area contributed by atoms with Crippen molar-refractivity contribution in [3.8, 4) is 0 Å². The molecular weight excluding hydrogens is 355 g/mol. The number of aromatic nitrogens is 2. The Morgan fingerprint density at radius 1 is 0.941 bits per heavy atom.